The van der Waals surface area contributed by atoms with Crippen molar-refractivity contribution in [1.82, 2.24) is 20.3 Å². The average molecular weight is 320 g/mol. The third-order valence-corrected chi connectivity index (χ3v) is 4.09. The number of carbonyl (C=O) groups excluding carboxylic acids is 1. The highest BCUT2D eigenvalue weighted by molar-refractivity contribution is 7.17. The van der Waals surface area contributed by atoms with E-state index in [1.165, 1.54) is 0 Å². The molecule has 0 aliphatic rings. The van der Waals surface area contributed by atoms with E-state index in [9.17, 15) is 9.59 Å². The van der Waals surface area contributed by atoms with E-state index in [0.29, 0.717) is 34.2 Å². The molecule has 0 bridgehead atoms. The Balaban J connectivity index is 2.20. The molecule has 8 heteroatoms. The highest BCUT2D eigenvalue weighted by Crippen LogP contribution is 2.25. The van der Waals surface area contributed by atoms with Gasteiger partial charge >= 0.3 is 5.97 Å². The number of aryl methyl sites for hydroxylation is 1. The van der Waals surface area contributed by atoms with Crippen LogP contribution in [0.5, 0.6) is 0 Å². The molecule has 1 atom stereocenters. The first kappa shape index (κ1) is 16.0. The molecule has 0 spiro atoms. The SMILES string of the molecule is CCCC(NC(=O)c1sc(-c2ncccn2)nc1C)C(=O)O. The van der Waals surface area contributed by atoms with Crippen LogP contribution in [0.15, 0.2) is 18.5 Å². The minimum atomic E-state index is -1.04. The van der Waals surface area contributed by atoms with Crippen molar-refractivity contribution >= 4 is 23.2 Å². The number of nitrogens with zero attached hydrogens (tertiary/aromatic N) is 3. The summed E-state index contributed by atoms with van der Waals surface area (Å²) in [6, 6.07) is 0.801. The predicted molar refractivity (Wildman–Crippen MR) is 81.7 cm³/mol. The van der Waals surface area contributed by atoms with Crippen LogP contribution in [0.25, 0.3) is 10.8 Å². The summed E-state index contributed by atoms with van der Waals surface area (Å²) in [5.74, 6) is -1.03. The van der Waals surface area contributed by atoms with Crippen molar-refractivity contribution in [2.75, 3.05) is 0 Å². The van der Waals surface area contributed by atoms with Crippen molar-refractivity contribution < 1.29 is 14.7 Å². The monoisotopic (exact) mass is 320 g/mol. The van der Waals surface area contributed by atoms with E-state index in [2.05, 4.69) is 20.3 Å². The van der Waals surface area contributed by atoms with E-state index >= 15 is 0 Å². The summed E-state index contributed by atoms with van der Waals surface area (Å²) in [6.45, 7) is 3.57. The zero-order valence-corrected chi connectivity index (χ0v) is 13.1. The zero-order valence-electron chi connectivity index (χ0n) is 12.2. The number of hydrogen-bond donors (Lipinski definition) is 2. The minimum absolute atomic E-state index is 0.379. The van der Waals surface area contributed by atoms with Gasteiger partial charge in [-0.2, -0.15) is 0 Å². The van der Waals surface area contributed by atoms with E-state index in [0.717, 1.165) is 11.3 Å². The molecule has 2 rings (SSSR count). The van der Waals surface area contributed by atoms with Crippen LogP contribution in [0.1, 0.15) is 35.1 Å². The standard InChI is InChI=1S/C14H16N4O3S/c1-3-5-9(14(20)21)18-12(19)10-8(2)17-13(22-10)11-15-6-4-7-16-11/h4,6-7,9H,3,5H2,1-2H3,(H,18,19)(H,20,21). The van der Waals surface area contributed by atoms with Crippen molar-refractivity contribution in [2.45, 2.75) is 32.7 Å². The smallest absolute Gasteiger partial charge is 0.326 e. The summed E-state index contributed by atoms with van der Waals surface area (Å²) in [4.78, 5) is 36.2. The van der Waals surface area contributed by atoms with Crippen LogP contribution in [0, 0.1) is 6.92 Å². The average Bonchev–Trinajstić information content (AvgIpc) is 2.89. The Morgan fingerprint density at radius 2 is 2.05 bits per heavy atom. The number of nitrogens with one attached hydrogen (secondary N) is 1. The molecule has 0 saturated heterocycles. The van der Waals surface area contributed by atoms with Gasteiger partial charge in [0.1, 0.15) is 10.9 Å². The lowest BCUT2D eigenvalue weighted by Gasteiger charge is -2.12. The zero-order chi connectivity index (χ0) is 16.1. The largest absolute Gasteiger partial charge is 0.480 e. The molecule has 0 fully saturated rings. The van der Waals surface area contributed by atoms with Crippen molar-refractivity contribution in [3.8, 4) is 10.8 Å². The lowest BCUT2D eigenvalue weighted by atomic mass is 10.1. The molecule has 0 aliphatic carbocycles. The second kappa shape index (κ2) is 7.08. The van der Waals surface area contributed by atoms with E-state index in [1.807, 2.05) is 6.92 Å². The maximum atomic E-state index is 12.3. The van der Waals surface area contributed by atoms with Crippen molar-refractivity contribution in [3.63, 3.8) is 0 Å². The van der Waals surface area contributed by atoms with Crippen LogP contribution >= 0.6 is 11.3 Å². The van der Waals surface area contributed by atoms with E-state index in [4.69, 9.17) is 5.11 Å². The van der Waals surface area contributed by atoms with Gasteiger partial charge in [-0.3, -0.25) is 4.79 Å². The van der Waals surface area contributed by atoms with E-state index in [-0.39, 0.29) is 0 Å². The van der Waals surface area contributed by atoms with E-state index in [1.54, 1.807) is 25.4 Å². The van der Waals surface area contributed by atoms with E-state index < -0.39 is 17.9 Å². The highest BCUT2D eigenvalue weighted by atomic mass is 32.1. The van der Waals surface area contributed by atoms with Crippen LogP contribution in [0.2, 0.25) is 0 Å². The van der Waals surface area contributed by atoms with Crippen LogP contribution < -0.4 is 5.32 Å². The first-order valence-corrected chi connectivity index (χ1v) is 7.63. The summed E-state index contributed by atoms with van der Waals surface area (Å²) in [7, 11) is 0. The Labute approximate surface area is 131 Å². The predicted octanol–water partition coefficient (Wildman–Crippen LogP) is 1.89. The molecule has 1 amide bonds. The molecule has 0 aliphatic heterocycles. The Morgan fingerprint density at radius 3 is 2.64 bits per heavy atom. The number of carboxylic acid groups (broad SMARTS) is 1. The number of aliphatic carboxylic acids is 1. The molecule has 2 aromatic rings. The van der Waals surface area contributed by atoms with Gasteiger partial charge in [-0.05, 0) is 19.4 Å². The molecule has 2 aromatic heterocycles. The van der Waals surface area contributed by atoms with Gasteiger partial charge in [-0.1, -0.05) is 13.3 Å². The fraction of sp³-hybridized carbons (Fsp3) is 0.357. The third-order valence-electron chi connectivity index (χ3n) is 2.94. The van der Waals surface area contributed by atoms with Crippen LogP contribution in [0.3, 0.4) is 0 Å². The summed E-state index contributed by atoms with van der Waals surface area (Å²) in [6.07, 6.45) is 4.25. The number of amides is 1. The lowest BCUT2D eigenvalue weighted by molar-refractivity contribution is -0.139. The molecule has 22 heavy (non-hydrogen) atoms. The number of thiazole rings is 1. The number of carbonyl (C=O) groups is 2. The maximum absolute atomic E-state index is 12.3. The molecule has 0 aromatic carbocycles. The Kier molecular flexibility index (Phi) is 5.16. The third kappa shape index (κ3) is 3.64. The van der Waals surface area contributed by atoms with Crippen molar-refractivity contribution in [3.05, 3.63) is 29.0 Å². The van der Waals surface area contributed by atoms with Crippen molar-refractivity contribution in [1.29, 1.82) is 0 Å². The Morgan fingerprint density at radius 1 is 1.36 bits per heavy atom. The van der Waals surface area contributed by atoms with Gasteiger partial charge in [0, 0.05) is 12.4 Å². The van der Waals surface area contributed by atoms with Gasteiger partial charge in [0.25, 0.3) is 5.91 Å². The summed E-state index contributed by atoms with van der Waals surface area (Å²) >= 11 is 1.15. The molecular formula is C14H16N4O3S. The molecule has 2 N–H and O–H groups in total. The normalized spacial score (nSPS) is 11.9. The second-order valence-electron chi connectivity index (χ2n) is 4.66. The van der Waals surface area contributed by atoms with Gasteiger partial charge in [0.05, 0.1) is 5.69 Å². The van der Waals surface area contributed by atoms with Crippen LogP contribution in [0.4, 0.5) is 0 Å². The molecular weight excluding hydrogens is 304 g/mol. The Hall–Kier alpha value is -2.35. The quantitative estimate of drug-likeness (QED) is 0.842. The molecule has 0 saturated carbocycles. The molecule has 2 heterocycles. The second-order valence-corrected chi connectivity index (χ2v) is 5.66. The summed E-state index contributed by atoms with van der Waals surface area (Å²) in [5.41, 5.74) is 0.533. The maximum Gasteiger partial charge on any atom is 0.326 e. The molecule has 0 radical (unpaired) electrons. The number of carboxylic acids is 1. The molecule has 7 nitrogen and oxygen atoms in total. The van der Waals surface area contributed by atoms with Gasteiger partial charge < -0.3 is 10.4 Å². The van der Waals surface area contributed by atoms with Crippen molar-refractivity contribution in [2.24, 2.45) is 0 Å². The number of hydrogen-bond acceptors (Lipinski definition) is 6. The first-order valence-electron chi connectivity index (χ1n) is 6.81. The number of aromatic nitrogens is 3. The van der Waals surface area contributed by atoms with Gasteiger partial charge in [0.15, 0.2) is 10.8 Å². The van der Waals surface area contributed by atoms with Gasteiger partial charge in [0.2, 0.25) is 0 Å². The topological polar surface area (TPSA) is 105 Å². The van der Waals surface area contributed by atoms with Gasteiger partial charge in [-0.15, -0.1) is 11.3 Å². The summed E-state index contributed by atoms with van der Waals surface area (Å²) < 4.78 is 0. The van der Waals surface area contributed by atoms with Crippen LogP contribution in [-0.2, 0) is 4.79 Å². The molecule has 1 unspecified atom stereocenters. The summed E-state index contributed by atoms with van der Waals surface area (Å²) in [5, 5.41) is 12.2. The highest BCUT2D eigenvalue weighted by Gasteiger charge is 2.23. The first-order chi connectivity index (χ1) is 10.5. The van der Waals surface area contributed by atoms with Gasteiger partial charge in [-0.25, -0.2) is 19.7 Å². The molecule has 116 valence electrons. The van der Waals surface area contributed by atoms with Crippen LogP contribution in [-0.4, -0.2) is 38.0 Å². The fourth-order valence-electron chi connectivity index (χ4n) is 1.88. The minimum Gasteiger partial charge on any atom is -0.480 e. The lowest BCUT2D eigenvalue weighted by Crippen LogP contribution is -2.40. The fourth-order valence-corrected chi connectivity index (χ4v) is 2.80. The Bertz CT molecular complexity index is 672. The number of rotatable bonds is 6.